The summed E-state index contributed by atoms with van der Waals surface area (Å²) in [6.07, 6.45) is 0. The average molecular weight is 770 g/mol. The van der Waals surface area contributed by atoms with Crippen molar-refractivity contribution in [1.82, 2.24) is 0 Å². The summed E-state index contributed by atoms with van der Waals surface area (Å²) >= 11 is 0. The number of ether oxygens (including phenoxy) is 1. The first kappa shape index (κ1) is 37.0. The number of nitrogens with one attached hydrogen (secondary N) is 1. The summed E-state index contributed by atoms with van der Waals surface area (Å²) in [5.41, 5.74) is 8.06. The fourth-order valence-corrected chi connectivity index (χ4v) is 8.26. The normalized spacial score (nSPS) is 14.7. The topological polar surface area (TPSA) is 257 Å². The van der Waals surface area contributed by atoms with Crippen molar-refractivity contribution in [2.45, 2.75) is 15.7 Å². The second-order valence-electron chi connectivity index (χ2n) is 11.2. The van der Waals surface area contributed by atoms with Crippen molar-refractivity contribution in [2.24, 2.45) is 0 Å². The molecule has 20 heteroatoms. The number of nitrogens with zero attached hydrogens (tertiary/aromatic N) is 1. The van der Waals surface area contributed by atoms with Crippen molar-refractivity contribution >= 4 is 63.2 Å². The Labute approximate surface area is 288 Å². The van der Waals surface area contributed by atoms with Crippen LogP contribution < -0.4 is 20.7 Å². The lowest BCUT2D eigenvalue weighted by Gasteiger charge is -2.31. The molecule has 0 saturated carbocycles. The second kappa shape index (κ2) is 13.8. The molecule has 6 N–H and O–H groups in total. The van der Waals surface area contributed by atoms with Gasteiger partial charge in [-0.2, -0.15) is 25.3 Å². The van der Waals surface area contributed by atoms with Gasteiger partial charge in [0.25, 0.3) is 20.2 Å². The maximum atomic E-state index is 12.5. The first-order chi connectivity index (χ1) is 23.2. The van der Waals surface area contributed by atoms with E-state index in [1.807, 2.05) is 0 Å². The number of benzene rings is 4. The Balaban J connectivity index is 1.53. The van der Waals surface area contributed by atoms with Gasteiger partial charge in [-0.3, -0.25) is 13.7 Å². The molecule has 1 atom stereocenters. The summed E-state index contributed by atoms with van der Waals surface area (Å²) in [6.45, 7) is -0.794. The van der Waals surface area contributed by atoms with E-state index in [9.17, 15) is 42.8 Å². The van der Waals surface area contributed by atoms with Crippen LogP contribution in [0.15, 0.2) is 88.7 Å². The molecule has 5 rings (SSSR count). The molecule has 0 aliphatic carbocycles. The minimum absolute atomic E-state index is 0.0275. The highest BCUT2D eigenvalue weighted by molar-refractivity contribution is 7.91. The average Bonchev–Trinajstić information content (AvgIpc) is 3.00. The van der Waals surface area contributed by atoms with E-state index >= 15 is 0 Å². The lowest BCUT2D eigenvalue weighted by atomic mass is 9.82. The van der Waals surface area contributed by atoms with E-state index in [1.165, 1.54) is 30.3 Å². The Hall–Kier alpha value is -4.28. The molecule has 0 radical (unpaired) electrons. The molecule has 50 heavy (non-hydrogen) atoms. The van der Waals surface area contributed by atoms with Gasteiger partial charge in [0.15, 0.2) is 9.84 Å². The van der Waals surface area contributed by atoms with E-state index in [1.54, 1.807) is 54.4 Å². The van der Waals surface area contributed by atoms with Crippen LogP contribution in [-0.4, -0.2) is 79.0 Å². The molecule has 1 unspecified atom stereocenters. The zero-order valence-corrected chi connectivity index (χ0v) is 29.3. The molecule has 0 aromatic heterocycles. The van der Waals surface area contributed by atoms with Gasteiger partial charge in [0, 0.05) is 59.8 Å². The molecule has 268 valence electrons. The highest BCUT2D eigenvalue weighted by atomic mass is 32.3. The van der Waals surface area contributed by atoms with Crippen LogP contribution in [0.2, 0.25) is 0 Å². The van der Waals surface area contributed by atoms with Gasteiger partial charge in [0.1, 0.15) is 16.4 Å². The highest BCUT2D eigenvalue weighted by Crippen LogP contribution is 2.50. The monoisotopic (exact) mass is 769 g/mol. The van der Waals surface area contributed by atoms with Crippen molar-refractivity contribution in [2.75, 3.05) is 47.7 Å². The Morgan fingerprint density at radius 2 is 1.40 bits per heavy atom. The van der Waals surface area contributed by atoms with Gasteiger partial charge in [-0.15, -0.1) is 0 Å². The third kappa shape index (κ3) is 8.71. The summed E-state index contributed by atoms with van der Waals surface area (Å²) in [4.78, 5) is 0.820. The summed E-state index contributed by atoms with van der Waals surface area (Å²) < 4.78 is 134. The number of sulfone groups is 1. The van der Waals surface area contributed by atoms with Gasteiger partial charge in [-0.1, -0.05) is 30.3 Å². The molecular formula is C30H31N3O13S4. The van der Waals surface area contributed by atoms with Gasteiger partial charge < -0.3 is 20.7 Å². The number of rotatable bonds is 13. The van der Waals surface area contributed by atoms with E-state index in [-0.39, 0.29) is 39.9 Å². The standard InChI is InChI=1S/C30H31N3O13S4/c1-33(12-14-47(34,35)15-13-45-50(42,43)44)21-8-10-23-27(18-21)46-26-17-20(32-25-16-19(31)6-11-29(25)49(39,40)41)7-9-22(26)30(23)24-4-2-3-5-28(24)48(36,37)38/h2-11,16-18,30,32H,12-15,31H2,1H3,(H,36,37,38)(H,39,40,41)(H,42,43,44). The van der Waals surface area contributed by atoms with Crippen LogP contribution in [0, 0.1) is 0 Å². The van der Waals surface area contributed by atoms with Gasteiger partial charge in [-0.05, 0) is 42.0 Å². The minimum atomic E-state index is -4.79. The van der Waals surface area contributed by atoms with Gasteiger partial charge in [0.05, 0.1) is 28.7 Å². The Kier molecular flexibility index (Phi) is 10.2. The Bertz CT molecular complexity index is 2400. The lowest BCUT2D eigenvalue weighted by Crippen LogP contribution is -2.28. The highest BCUT2D eigenvalue weighted by Gasteiger charge is 2.33. The van der Waals surface area contributed by atoms with Crippen molar-refractivity contribution < 1.29 is 56.2 Å². The molecule has 0 fully saturated rings. The summed E-state index contributed by atoms with van der Waals surface area (Å²) in [5, 5.41) is 2.91. The van der Waals surface area contributed by atoms with Crippen LogP contribution in [0.1, 0.15) is 22.6 Å². The summed E-state index contributed by atoms with van der Waals surface area (Å²) in [5.74, 6) is -1.38. The van der Waals surface area contributed by atoms with Crippen LogP contribution in [0.3, 0.4) is 0 Å². The second-order valence-corrected chi connectivity index (χ2v) is 17.4. The smallest absolute Gasteiger partial charge is 0.397 e. The van der Waals surface area contributed by atoms with E-state index in [0.717, 1.165) is 6.07 Å². The predicted molar refractivity (Wildman–Crippen MR) is 184 cm³/mol. The van der Waals surface area contributed by atoms with Gasteiger partial charge >= 0.3 is 10.4 Å². The molecule has 0 amide bonds. The third-order valence-corrected chi connectivity index (χ3v) is 11.6. The number of fused-ring (bicyclic) bond motifs is 2. The third-order valence-electron chi connectivity index (χ3n) is 7.73. The van der Waals surface area contributed by atoms with Crippen LogP contribution in [-0.2, 0) is 44.7 Å². The van der Waals surface area contributed by atoms with E-state index in [4.69, 9.17) is 15.0 Å². The van der Waals surface area contributed by atoms with Crippen molar-refractivity contribution in [1.29, 1.82) is 0 Å². The van der Waals surface area contributed by atoms with Crippen LogP contribution in [0.4, 0.5) is 22.7 Å². The fraction of sp³-hybridized carbons (Fsp3) is 0.200. The maximum Gasteiger partial charge on any atom is 0.397 e. The van der Waals surface area contributed by atoms with Crippen molar-refractivity contribution in [3.8, 4) is 11.5 Å². The van der Waals surface area contributed by atoms with E-state index in [2.05, 4.69) is 9.50 Å². The summed E-state index contributed by atoms with van der Waals surface area (Å²) in [7, 11) is -16.3. The molecule has 0 saturated heterocycles. The molecule has 1 aliphatic rings. The molecule has 1 aliphatic heterocycles. The fourth-order valence-electron chi connectivity index (χ4n) is 5.40. The number of nitrogens with two attached hydrogens (primary N) is 1. The Morgan fingerprint density at radius 3 is 2.06 bits per heavy atom. The number of nitrogen functional groups attached to an aromatic ring is 1. The Morgan fingerprint density at radius 1 is 0.760 bits per heavy atom. The number of hydrogen-bond acceptors (Lipinski definition) is 13. The van der Waals surface area contributed by atoms with Gasteiger partial charge in [0.2, 0.25) is 0 Å². The quantitative estimate of drug-likeness (QED) is 0.0848. The summed E-state index contributed by atoms with van der Waals surface area (Å²) in [6, 6.07) is 19.3. The van der Waals surface area contributed by atoms with E-state index < -0.39 is 69.4 Å². The van der Waals surface area contributed by atoms with E-state index in [0.29, 0.717) is 22.5 Å². The first-order valence-corrected chi connectivity index (χ1v) is 20.5. The van der Waals surface area contributed by atoms with Crippen molar-refractivity contribution in [3.05, 3.63) is 95.6 Å². The number of anilines is 4. The molecule has 0 spiro atoms. The van der Waals surface area contributed by atoms with Crippen LogP contribution in [0.25, 0.3) is 0 Å². The predicted octanol–water partition coefficient (Wildman–Crippen LogP) is 3.46. The molecule has 16 nitrogen and oxygen atoms in total. The molecular weight excluding hydrogens is 739 g/mol. The zero-order chi connectivity index (χ0) is 36.6. The van der Waals surface area contributed by atoms with Crippen LogP contribution >= 0.6 is 0 Å². The largest absolute Gasteiger partial charge is 0.457 e. The maximum absolute atomic E-state index is 12.5. The van der Waals surface area contributed by atoms with Gasteiger partial charge in [-0.25, -0.2) is 12.6 Å². The molecule has 4 aromatic carbocycles. The zero-order valence-electron chi connectivity index (χ0n) is 26.0. The molecule has 1 heterocycles. The lowest BCUT2D eigenvalue weighted by molar-refractivity contribution is 0.284. The number of hydrogen-bond donors (Lipinski definition) is 5. The van der Waals surface area contributed by atoms with Crippen LogP contribution in [0.5, 0.6) is 11.5 Å². The minimum Gasteiger partial charge on any atom is -0.457 e. The molecule has 4 aromatic rings. The first-order valence-electron chi connectivity index (χ1n) is 14.4. The SMILES string of the molecule is CN(CCS(=O)(=O)CCOS(=O)(=O)O)c1ccc2c(c1)Oc1cc(Nc3cc(N)ccc3S(=O)(=O)O)ccc1C2c1ccccc1S(=O)(=O)O. The molecule has 0 bridgehead atoms. The van der Waals surface area contributed by atoms with Crippen molar-refractivity contribution in [3.63, 3.8) is 0 Å².